The summed E-state index contributed by atoms with van der Waals surface area (Å²) in [5, 5.41) is 3.35. The first-order valence-electron chi connectivity index (χ1n) is 6.83. The lowest BCUT2D eigenvalue weighted by molar-refractivity contribution is 0.00901. The average Bonchev–Trinajstić information content (AvgIpc) is 2.31. The molecule has 0 aromatic heterocycles. The molecule has 1 aliphatic heterocycles. The van der Waals surface area contributed by atoms with E-state index < -0.39 is 0 Å². The van der Waals surface area contributed by atoms with Gasteiger partial charge < -0.3 is 15.0 Å². The zero-order valence-corrected chi connectivity index (χ0v) is 11.0. The van der Waals surface area contributed by atoms with Crippen molar-refractivity contribution in [1.29, 1.82) is 0 Å². The van der Waals surface area contributed by atoms with Crippen LogP contribution in [0.15, 0.2) is 0 Å². The van der Waals surface area contributed by atoms with Gasteiger partial charge in [-0.25, -0.2) is 0 Å². The SMILES string of the molecule is CCNCCN(C)CCCC1CCCCO1. The van der Waals surface area contributed by atoms with Crippen LogP contribution in [-0.4, -0.2) is 50.8 Å². The van der Waals surface area contributed by atoms with Crippen molar-refractivity contribution in [2.45, 2.75) is 45.1 Å². The number of ether oxygens (including phenoxy) is 1. The molecule has 1 N–H and O–H groups in total. The Balaban J connectivity index is 1.92. The minimum atomic E-state index is 0.552. The first kappa shape index (κ1) is 13.9. The third-order valence-corrected chi connectivity index (χ3v) is 3.26. The van der Waals surface area contributed by atoms with Crippen LogP contribution in [0.2, 0.25) is 0 Å². The van der Waals surface area contributed by atoms with Gasteiger partial charge in [-0.2, -0.15) is 0 Å². The summed E-state index contributed by atoms with van der Waals surface area (Å²) in [5.74, 6) is 0. The van der Waals surface area contributed by atoms with E-state index in [-0.39, 0.29) is 0 Å². The van der Waals surface area contributed by atoms with Gasteiger partial charge >= 0.3 is 0 Å². The first-order valence-corrected chi connectivity index (χ1v) is 6.83. The molecule has 1 fully saturated rings. The van der Waals surface area contributed by atoms with Crippen molar-refractivity contribution in [3.05, 3.63) is 0 Å². The number of hydrogen-bond acceptors (Lipinski definition) is 3. The molecular formula is C13H28N2O. The fraction of sp³-hybridized carbons (Fsp3) is 1.00. The topological polar surface area (TPSA) is 24.5 Å². The van der Waals surface area contributed by atoms with Crippen molar-refractivity contribution in [2.24, 2.45) is 0 Å². The van der Waals surface area contributed by atoms with E-state index in [0.29, 0.717) is 6.10 Å². The standard InChI is InChI=1S/C13H28N2O/c1-3-14-9-11-15(2)10-6-8-13-7-4-5-12-16-13/h13-14H,3-12H2,1-2H3. The largest absolute Gasteiger partial charge is 0.378 e. The molecule has 0 aromatic rings. The highest BCUT2D eigenvalue weighted by atomic mass is 16.5. The van der Waals surface area contributed by atoms with Gasteiger partial charge in [0.1, 0.15) is 0 Å². The van der Waals surface area contributed by atoms with Crippen molar-refractivity contribution < 1.29 is 4.74 Å². The predicted octanol–water partition coefficient (Wildman–Crippen LogP) is 1.88. The first-order chi connectivity index (χ1) is 7.83. The monoisotopic (exact) mass is 228 g/mol. The molecule has 96 valence electrons. The van der Waals surface area contributed by atoms with Gasteiger partial charge in [0.05, 0.1) is 6.10 Å². The molecule has 1 aliphatic rings. The summed E-state index contributed by atoms with van der Waals surface area (Å²) in [6.45, 7) is 7.67. The van der Waals surface area contributed by atoms with E-state index in [9.17, 15) is 0 Å². The normalized spacial score (nSPS) is 21.6. The molecule has 3 heteroatoms. The maximum absolute atomic E-state index is 5.73. The quantitative estimate of drug-likeness (QED) is 0.642. The van der Waals surface area contributed by atoms with Crippen LogP contribution in [0, 0.1) is 0 Å². The van der Waals surface area contributed by atoms with E-state index in [1.54, 1.807) is 0 Å². The van der Waals surface area contributed by atoms with Crippen LogP contribution in [0.1, 0.15) is 39.0 Å². The van der Waals surface area contributed by atoms with E-state index in [0.717, 1.165) is 26.2 Å². The Morgan fingerprint density at radius 2 is 2.19 bits per heavy atom. The van der Waals surface area contributed by atoms with E-state index >= 15 is 0 Å². The minimum absolute atomic E-state index is 0.552. The van der Waals surface area contributed by atoms with E-state index in [4.69, 9.17) is 4.74 Å². The number of nitrogens with one attached hydrogen (secondary N) is 1. The number of rotatable bonds is 8. The van der Waals surface area contributed by atoms with Gasteiger partial charge in [-0.1, -0.05) is 6.92 Å². The van der Waals surface area contributed by atoms with Crippen molar-refractivity contribution in [3.8, 4) is 0 Å². The van der Waals surface area contributed by atoms with Crippen molar-refractivity contribution >= 4 is 0 Å². The highest BCUT2D eigenvalue weighted by Crippen LogP contribution is 2.16. The summed E-state index contributed by atoms with van der Waals surface area (Å²) in [5.41, 5.74) is 0. The smallest absolute Gasteiger partial charge is 0.0575 e. The fourth-order valence-corrected chi connectivity index (χ4v) is 2.18. The van der Waals surface area contributed by atoms with Crippen LogP contribution < -0.4 is 5.32 Å². The molecule has 0 aliphatic carbocycles. The van der Waals surface area contributed by atoms with E-state index in [1.165, 1.54) is 38.6 Å². The second-order valence-corrected chi connectivity index (χ2v) is 4.79. The summed E-state index contributed by atoms with van der Waals surface area (Å²) in [6, 6.07) is 0. The second kappa shape index (κ2) is 8.97. The molecule has 1 saturated heterocycles. The van der Waals surface area contributed by atoms with Gasteiger partial charge in [0.2, 0.25) is 0 Å². The molecule has 1 rings (SSSR count). The molecular weight excluding hydrogens is 200 g/mol. The average molecular weight is 228 g/mol. The van der Waals surface area contributed by atoms with Crippen molar-refractivity contribution in [3.63, 3.8) is 0 Å². The summed E-state index contributed by atoms with van der Waals surface area (Å²) >= 11 is 0. The van der Waals surface area contributed by atoms with Crippen molar-refractivity contribution in [2.75, 3.05) is 39.8 Å². The van der Waals surface area contributed by atoms with E-state index in [1.807, 2.05) is 0 Å². The Hall–Kier alpha value is -0.120. The van der Waals surface area contributed by atoms with Gasteiger partial charge in [-0.05, 0) is 52.2 Å². The van der Waals surface area contributed by atoms with Gasteiger partial charge in [0.15, 0.2) is 0 Å². The molecule has 0 bridgehead atoms. The van der Waals surface area contributed by atoms with Gasteiger partial charge in [0.25, 0.3) is 0 Å². The Morgan fingerprint density at radius 3 is 2.88 bits per heavy atom. The lowest BCUT2D eigenvalue weighted by atomic mass is 10.0. The molecule has 1 heterocycles. The number of hydrogen-bond donors (Lipinski definition) is 1. The maximum atomic E-state index is 5.73. The lowest BCUT2D eigenvalue weighted by Crippen LogP contribution is -2.30. The van der Waals surface area contributed by atoms with Crippen LogP contribution in [0.5, 0.6) is 0 Å². The molecule has 0 amide bonds. The predicted molar refractivity (Wildman–Crippen MR) is 68.9 cm³/mol. The third kappa shape index (κ3) is 6.46. The number of likely N-dealkylation sites (N-methyl/N-ethyl adjacent to an activating group) is 2. The molecule has 1 unspecified atom stereocenters. The molecule has 1 atom stereocenters. The van der Waals surface area contributed by atoms with Gasteiger partial charge in [-0.3, -0.25) is 0 Å². The lowest BCUT2D eigenvalue weighted by Gasteiger charge is -2.23. The number of nitrogens with zero attached hydrogens (tertiary/aromatic N) is 1. The molecule has 0 spiro atoms. The summed E-state index contributed by atoms with van der Waals surface area (Å²) < 4.78 is 5.73. The van der Waals surface area contributed by atoms with Gasteiger partial charge in [-0.15, -0.1) is 0 Å². The Morgan fingerprint density at radius 1 is 1.31 bits per heavy atom. The van der Waals surface area contributed by atoms with Crippen LogP contribution in [0.4, 0.5) is 0 Å². The van der Waals surface area contributed by atoms with Crippen LogP contribution in [0.25, 0.3) is 0 Å². The van der Waals surface area contributed by atoms with Crippen LogP contribution in [-0.2, 0) is 4.74 Å². The Kier molecular flexibility index (Phi) is 7.81. The molecule has 0 radical (unpaired) electrons. The van der Waals surface area contributed by atoms with Crippen molar-refractivity contribution in [1.82, 2.24) is 10.2 Å². The molecule has 0 saturated carbocycles. The minimum Gasteiger partial charge on any atom is -0.378 e. The summed E-state index contributed by atoms with van der Waals surface area (Å²) in [6.07, 6.45) is 6.97. The summed E-state index contributed by atoms with van der Waals surface area (Å²) in [4.78, 5) is 2.41. The van der Waals surface area contributed by atoms with E-state index in [2.05, 4.69) is 24.2 Å². The summed E-state index contributed by atoms with van der Waals surface area (Å²) in [7, 11) is 2.21. The Labute approximate surface area is 101 Å². The second-order valence-electron chi connectivity index (χ2n) is 4.79. The zero-order valence-electron chi connectivity index (χ0n) is 11.0. The Bertz CT molecular complexity index is 158. The molecule has 3 nitrogen and oxygen atoms in total. The fourth-order valence-electron chi connectivity index (χ4n) is 2.18. The van der Waals surface area contributed by atoms with Crippen LogP contribution >= 0.6 is 0 Å². The molecule has 0 aromatic carbocycles. The van der Waals surface area contributed by atoms with Crippen LogP contribution in [0.3, 0.4) is 0 Å². The molecule has 16 heavy (non-hydrogen) atoms. The third-order valence-electron chi connectivity index (χ3n) is 3.26. The maximum Gasteiger partial charge on any atom is 0.0575 e. The highest BCUT2D eigenvalue weighted by molar-refractivity contribution is 4.65. The zero-order chi connectivity index (χ0) is 11.6. The van der Waals surface area contributed by atoms with Gasteiger partial charge in [0, 0.05) is 19.7 Å². The highest BCUT2D eigenvalue weighted by Gasteiger charge is 2.13.